The Morgan fingerprint density at radius 2 is 1.73 bits per heavy atom. The van der Waals surface area contributed by atoms with Gasteiger partial charge in [0, 0.05) is 12.2 Å². The van der Waals surface area contributed by atoms with Gasteiger partial charge in [-0.15, -0.1) is 0 Å². The van der Waals surface area contributed by atoms with E-state index in [0.29, 0.717) is 5.69 Å². The first-order chi connectivity index (χ1) is 12.2. The lowest BCUT2D eigenvalue weighted by atomic mass is 10.1. The van der Waals surface area contributed by atoms with Crippen molar-refractivity contribution in [3.05, 3.63) is 59.2 Å². The molecule has 2 N–H and O–H groups in total. The van der Waals surface area contributed by atoms with Crippen molar-refractivity contribution in [2.75, 3.05) is 17.2 Å². The third-order valence-corrected chi connectivity index (χ3v) is 4.20. The van der Waals surface area contributed by atoms with Crippen molar-refractivity contribution in [1.29, 1.82) is 0 Å². The molecule has 1 heterocycles. The highest BCUT2D eigenvalue weighted by Gasteiger charge is 2.37. The fraction of sp³-hybridized carbons (Fsp3) is 0.222. The number of imide groups is 1. The first-order valence-corrected chi connectivity index (χ1v) is 7.81. The van der Waals surface area contributed by atoms with Gasteiger partial charge in [-0.2, -0.15) is 13.2 Å². The van der Waals surface area contributed by atoms with E-state index in [1.165, 1.54) is 4.90 Å². The first kappa shape index (κ1) is 17.8. The smallest absolute Gasteiger partial charge is 0.399 e. The zero-order chi connectivity index (χ0) is 19.1. The molecule has 0 radical (unpaired) electrons. The van der Waals surface area contributed by atoms with E-state index in [1.54, 1.807) is 12.1 Å². The van der Waals surface area contributed by atoms with Gasteiger partial charge in [-0.1, -0.05) is 12.1 Å². The molecule has 2 aromatic carbocycles. The van der Waals surface area contributed by atoms with Crippen LogP contribution in [0.2, 0.25) is 0 Å². The molecule has 0 bridgehead atoms. The number of rotatable bonds is 3. The average molecular weight is 363 g/mol. The fourth-order valence-corrected chi connectivity index (χ4v) is 2.78. The molecule has 0 aromatic heterocycles. The summed E-state index contributed by atoms with van der Waals surface area (Å²) in [5.41, 5.74) is 7.34. The van der Waals surface area contributed by atoms with Crippen LogP contribution in [0, 0.1) is 6.92 Å². The zero-order valence-corrected chi connectivity index (χ0v) is 13.9. The maximum atomic E-state index is 12.7. The van der Waals surface area contributed by atoms with Gasteiger partial charge in [-0.05, 0) is 48.4 Å². The predicted molar refractivity (Wildman–Crippen MR) is 90.3 cm³/mol. The van der Waals surface area contributed by atoms with Gasteiger partial charge in [0.2, 0.25) is 0 Å². The fourth-order valence-electron chi connectivity index (χ4n) is 2.78. The Morgan fingerprint density at radius 1 is 1.08 bits per heavy atom. The molecule has 5 nitrogen and oxygen atoms in total. The topological polar surface area (TPSA) is 66.6 Å². The van der Waals surface area contributed by atoms with Crippen LogP contribution in [0.5, 0.6) is 0 Å². The van der Waals surface area contributed by atoms with E-state index in [0.717, 1.165) is 40.3 Å². The van der Waals surface area contributed by atoms with Crippen LogP contribution in [0.3, 0.4) is 0 Å². The number of carbonyl (C=O) groups is 2. The lowest BCUT2D eigenvalue weighted by Crippen LogP contribution is -2.32. The number of anilines is 2. The van der Waals surface area contributed by atoms with E-state index in [-0.39, 0.29) is 18.8 Å². The second kappa shape index (κ2) is 6.36. The van der Waals surface area contributed by atoms with Crippen molar-refractivity contribution in [1.82, 2.24) is 4.90 Å². The van der Waals surface area contributed by atoms with Gasteiger partial charge in [0.1, 0.15) is 6.54 Å². The number of halogens is 3. The number of carbonyl (C=O) groups excluding carboxylic acids is 2. The summed E-state index contributed by atoms with van der Waals surface area (Å²) in [7, 11) is 0. The van der Waals surface area contributed by atoms with E-state index < -0.39 is 23.7 Å². The molecule has 1 saturated heterocycles. The van der Waals surface area contributed by atoms with Gasteiger partial charge in [0.05, 0.1) is 11.3 Å². The van der Waals surface area contributed by atoms with Gasteiger partial charge < -0.3 is 10.6 Å². The molecule has 1 aliphatic heterocycles. The Morgan fingerprint density at radius 3 is 2.31 bits per heavy atom. The molecule has 136 valence electrons. The summed E-state index contributed by atoms with van der Waals surface area (Å²) < 4.78 is 38.0. The number of urea groups is 1. The van der Waals surface area contributed by atoms with E-state index in [1.807, 2.05) is 13.0 Å². The molecule has 1 fully saturated rings. The van der Waals surface area contributed by atoms with E-state index >= 15 is 0 Å². The normalized spacial score (nSPS) is 15.1. The van der Waals surface area contributed by atoms with Crippen LogP contribution in [0.4, 0.5) is 29.3 Å². The maximum absolute atomic E-state index is 12.7. The van der Waals surface area contributed by atoms with Gasteiger partial charge in [0.15, 0.2) is 0 Å². The van der Waals surface area contributed by atoms with Crippen molar-refractivity contribution < 1.29 is 22.8 Å². The van der Waals surface area contributed by atoms with Crippen LogP contribution in [-0.2, 0) is 17.5 Å². The number of nitrogens with zero attached hydrogens (tertiary/aromatic N) is 2. The number of alkyl halides is 3. The number of amides is 3. The highest BCUT2D eigenvalue weighted by atomic mass is 19.4. The quantitative estimate of drug-likeness (QED) is 0.670. The van der Waals surface area contributed by atoms with Gasteiger partial charge >= 0.3 is 12.2 Å². The largest absolute Gasteiger partial charge is 0.416 e. The van der Waals surface area contributed by atoms with Gasteiger partial charge in [0.25, 0.3) is 5.91 Å². The number of benzene rings is 2. The second-order valence-electron chi connectivity index (χ2n) is 6.10. The number of hydrogen-bond acceptors (Lipinski definition) is 3. The van der Waals surface area contributed by atoms with Crippen LogP contribution < -0.4 is 10.6 Å². The predicted octanol–water partition coefficient (Wildman–Crippen LogP) is 3.56. The maximum Gasteiger partial charge on any atom is 0.416 e. The summed E-state index contributed by atoms with van der Waals surface area (Å²) >= 11 is 0. The summed E-state index contributed by atoms with van der Waals surface area (Å²) in [6, 6.07) is 8.69. The highest BCUT2D eigenvalue weighted by molar-refractivity contribution is 6.19. The molecule has 0 aliphatic carbocycles. The summed E-state index contributed by atoms with van der Waals surface area (Å²) in [6.07, 6.45) is -4.48. The van der Waals surface area contributed by atoms with E-state index in [4.69, 9.17) is 5.73 Å². The lowest BCUT2D eigenvalue weighted by Gasteiger charge is -2.18. The summed E-state index contributed by atoms with van der Waals surface area (Å²) in [5.74, 6) is -0.484. The monoisotopic (exact) mass is 363 g/mol. The van der Waals surface area contributed by atoms with E-state index in [9.17, 15) is 22.8 Å². The summed E-state index contributed by atoms with van der Waals surface area (Å²) in [6.45, 7) is 1.91. The molecule has 0 atom stereocenters. The van der Waals surface area contributed by atoms with Crippen molar-refractivity contribution in [2.45, 2.75) is 19.6 Å². The molecule has 0 spiro atoms. The first-order valence-electron chi connectivity index (χ1n) is 7.81. The van der Waals surface area contributed by atoms with Crippen LogP contribution in [0.25, 0.3) is 0 Å². The summed E-state index contributed by atoms with van der Waals surface area (Å²) in [4.78, 5) is 27.0. The minimum atomic E-state index is -4.48. The molecule has 8 heteroatoms. The van der Waals surface area contributed by atoms with Crippen molar-refractivity contribution in [3.8, 4) is 0 Å². The van der Waals surface area contributed by atoms with E-state index in [2.05, 4.69) is 0 Å². The number of nitrogen functional groups attached to an aromatic ring is 1. The zero-order valence-electron chi connectivity index (χ0n) is 13.9. The SMILES string of the molecule is Cc1cc(CN2CC(=O)N(c3ccc(C(F)(F)F)cc3)C2=O)ccc1N. The average Bonchev–Trinajstić information content (AvgIpc) is 2.84. The molecule has 2 aromatic rings. The van der Waals surface area contributed by atoms with Crippen LogP contribution in [0.1, 0.15) is 16.7 Å². The molecule has 0 saturated carbocycles. The Labute approximate surface area is 147 Å². The summed E-state index contributed by atoms with van der Waals surface area (Å²) in [5, 5.41) is 0. The third-order valence-electron chi connectivity index (χ3n) is 4.20. The molecule has 3 amide bonds. The molecular formula is C18H16F3N3O2. The molecule has 26 heavy (non-hydrogen) atoms. The van der Waals surface area contributed by atoms with Crippen LogP contribution in [-0.4, -0.2) is 23.4 Å². The second-order valence-corrected chi connectivity index (χ2v) is 6.10. The highest BCUT2D eigenvalue weighted by Crippen LogP contribution is 2.31. The standard InChI is InChI=1S/C18H16F3N3O2/c1-11-8-12(2-7-15(11)22)9-23-10-16(25)24(17(23)26)14-5-3-13(4-6-14)18(19,20)21/h2-8H,9-10,22H2,1H3. The van der Waals surface area contributed by atoms with Gasteiger partial charge in [-0.25, -0.2) is 9.69 Å². The Hall–Kier alpha value is -3.03. The Balaban J connectivity index is 1.79. The van der Waals surface area contributed by atoms with Crippen LogP contribution in [0.15, 0.2) is 42.5 Å². The number of aryl methyl sites for hydroxylation is 1. The Kier molecular flexibility index (Phi) is 4.35. The number of hydrogen-bond donors (Lipinski definition) is 1. The van der Waals surface area contributed by atoms with Crippen molar-refractivity contribution in [2.24, 2.45) is 0 Å². The van der Waals surface area contributed by atoms with Gasteiger partial charge in [-0.3, -0.25) is 4.79 Å². The number of nitrogens with two attached hydrogens (primary N) is 1. The molecule has 0 unspecified atom stereocenters. The minimum Gasteiger partial charge on any atom is -0.399 e. The van der Waals surface area contributed by atoms with Crippen molar-refractivity contribution in [3.63, 3.8) is 0 Å². The molecule has 1 aliphatic rings. The third kappa shape index (κ3) is 3.35. The molecule has 3 rings (SSSR count). The lowest BCUT2D eigenvalue weighted by molar-refractivity contribution is -0.137. The molecular weight excluding hydrogens is 347 g/mol. The Bertz CT molecular complexity index is 863. The van der Waals surface area contributed by atoms with Crippen LogP contribution >= 0.6 is 0 Å². The van der Waals surface area contributed by atoms with Crippen molar-refractivity contribution >= 4 is 23.3 Å². The minimum absolute atomic E-state index is 0.115.